The van der Waals surface area contributed by atoms with Crippen LogP contribution in [0.2, 0.25) is 0 Å². The Morgan fingerprint density at radius 2 is 1.85 bits per heavy atom. The first-order chi connectivity index (χ1) is 12.7. The number of nitrogens with zero attached hydrogens (tertiary/aromatic N) is 1. The zero-order valence-electron chi connectivity index (χ0n) is 15.0. The van der Waals surface area contributed by atoms with Gasteiger partial charge in [0.2, 0.25) is 0 Å². The Morgan fingerprint density at radius 3 is 2.58 bits per heavy atom. The summed E-state index contributed by atoms with van der Waals surface area (Å²) in [6, 6.07) is 12.8. The van der Waals surface area contributed by atoms with E-state index in [1.165, 1.54) is 0 Å². The molecule has 0 spiro atoms. The summed E-state index contributed by atoms with van der Waals surface area (Å²) < 4.78 is 12.1. The molecule has 0 fully saturated rings. The van der Waals surface area contributed by atoms with Crippen molar-refractivity contribution >= 4 is 28.1 Å². The number of ether oxygens (including phenoxy) is 2. The van der Waals surface area contributed by atoms with Gasteiger partial charge in [-0.25, -0.2) is 5.43 Å². The van der Waals surface area contributed by atoms with E-state index in [0.29, 0.717) is 24.5 Å². The van der Waals surface area contributed by atoms with Gasteiger partial charge >= 0.3 is 0 Å². The minimum absolute atomic E-state index is 0.285. The van der Waals surface area contributed by atoms with Gasteiger partial charge in [0.05, 0.1) is 25.0 Å². The lowest BCUT2D eigenvalue weighted by Crippen LogP contribution is -2.18. The first-order valence-corrected chi connectivity index (χ1v) is 9.42. The standard InChI is InChI=1S/C20H23BrN2O3/c1-3-11-25-16-10-9-15(19(13-16)26-12-4-2)14-22-23-20(24)17-7-5-6-8-18(17)21/h5-10,13-14H,3-4,11-12H2,1-2H3,(H,23,24). The zero-order chi connectivity index (χ0) is 18.8. The Kier molecular flexibility index (Phi) is 8.15. The fourth-order valence-corrected chi connectivity index (χ4v) is 2.60. The molecule has 26 heavy (non-hydrogen) atoms. The third kappa shape index (κ3) is 5.88. The molecule has 0 radical (unpaired) electrons. The molecule has 138 valence electrons. The van der Waals surface area contributed by atoms with Gasteiger partial charge < -0.3 is 9.47 Å². The van der Waals surface area contributed by atoms with Crippen LogP contribution in [-0.4, -0.2) is 25.3 Å². The molecule has 0 saturated carbocycles. The number of benzene rings is 2. The van der Waals surface area contributed by atoms with Gasteiger partial charge in [-0.3, -0.25) is 4.79 Å². The van der Waals surface area contributed by atoms with E-state index in [-0.39, 0.29) is 5.91 Å². The molecule has 0 heterocycles. The number of amides is 1. The van der Waals surface area contributed by atoms with E-state index in [9.17, 15) is 4.79 Å². The molecule has 0 atom stereocenters. The van der Waals surface area contributed by atoms with E-state index in [4.69, 9.17) is 9.47 Å². The average molecular weight is 419 g/mol. The van der Waals surface area contributed by atoms with Gasteiger partial charge in [-0.15, -0.1) is 0 Å². The molecule has 2 aromatic rings. The SMILES string of the molecule is CCCOc1ccc(C=NNC(=O)c2ccccc2Br)c(OCCC)c1. The van der Waals surface area contributed by atoms with Gasteiger partial charge in [-0.2, -0.15) is 5.10 Å². The van der Waals surface area contributed by atoms with Crippen molar-refractivity contribution in [2.45, 2.75) is 26.7 Å². The zero-order valence-corrected chi connectivity index (χ0v) is 16.6. The minimum atomic E-state index is -0.285. The topological polar surface area (TPSA) is 59.9 Å². The first kappa shape index (κ1) is 20.0. The second-order valence-electron chi connectivity index (χ2n) is 5.58. The van der Waals surface area contributed by atoms with Crippen molar-refractivity contribution in [3.63, 3.8) is 0 Å². The van der Waals surface area contributed by atoms with E-state index in [1.54, 1.807) is 18.3 Å². The molecular weight excluding hydrogens is 396 g/mol. The minimum Gasteiger partial charge on any atom is -0.493 e. The summed E-state index contributed by atoms with van der Waals surface area (Å²) in [5, 5.41) is 4.05. The maximum absolute atomic E-state index is 12.2. The highest BCUT2D eigenvalue weighted by atomic mass is 79.9. The summed E-state index contributed by atoms with van der Waals surface area (Å²) in [7, 11) is 0. The molecular formula is C20H23BrN2O3. The largest absolute Gasteiger partial charge is 0.493 e. The molecule has 0 saturated heterocycles. The van der Waals surface area contributed by atoms with Crippen LogP contribution in [0.15, 0.2) is 52.0 Å². The van der Waals surface area contributed by atoms with Crippen LogP contribution >= 0.6 is 15.9 Å². The van der Waals surface area contributed by atoms with Gasteiger partial charge in [-0.05, 0) is 53.0 Å². The molecule has 0 unspecified atom stereocenters. The van der Waals surface area contributed by atoms with E-state index in [0.717, 1.165) is 28.6 Å². The van der Waals surface area contributed by atoms with Gasteiger partial charge in [0.25, 0.3) is 5.91 Å². The maximum atomic E-state index is 12.2. The van der Waals surface area contributed by atoms with Gasteiger partial charge in [0.1, 0.15) is 11.5 Å². The lowest BCUT2D eigenvalue weighted by Gasteiger charge is -2.11. The normalized spacial score (nSPS) is 10.7. The van der Waals surface area contributed by atoms with Crippen molar-refractivity contribution in [2.24, 2.45) is 5.10 Å². The number of hydrogen-bond acceptors (Lipinski definition) is 4. The van der Waals surface area contributed by atoms with Crippen molar-refractivity contribution in [2.75, 3.05) is 13.2 Å². The highest BCUT2D eigenvalue weighted by molar-refractivity contribution is 9.10. The Morgan fingerprint density at radius 1 is 1.12 bits per heavy atom. The smallest absolute Gasteiger partial charge is 0.272 e. The van der Waals surface area contributed by atoms with Gasteiger partial charge in [0.15, 0.2) is 0 Å². The number of hydrazone groups is 1. The Balaban J connectivity index is 2.09. The average Bonchev–Trinajstić information content (AvgIpc) is 2.66. The van der Waals surface area contributed by atoms with Crippen LogP contribution in [0.3, 0.4) is 0 Å². The molecule has 6 heteroatoms. The summed E-state index contributed by atoms with van der Waals surface area (Å²) in [6.07, 6.45) is 3.41. The van der Waals surface area contributed by atoms with Crippen molar-refractivity contribution in [1.29, 1.82) is 0 Å². The highest BCUT2D eigenvalue weighted by Crippen LogP contribution is 2.24. The van der Waals surface area contributed by atoms with Crippen molar-refractivity contribution in [1.82, 2.24) is 5.43 Å². The molecule has 0 aliphatic carbocycles. The summed E-state index contributed by atoms with van der Waals surface area (Å²) in [5.74, 6) is 1.15. The molecule has 0 bridgehead atoms. The van der Waals surface area contributed by atoms with E-state index in [1.807, 2.05) is 37.3 Å². The number of rotatable bonds is 9. The fourth-order valence-electron chi connectivity index (χ4n) is 2.13. The summed E-state index contributed by atoms with van der Waals surface area (Å²) >= 11 is 3.36. The van der Waals surface area contributed by atoms with Crippen LogP contribution in [-0.2, 0) is 0 Å². The Bertz CT molecular complexity index is 762. The van der Waals surface area contributed by atoms with Crippen molar-refractivity contribution in [3.8, 4) is 11.5 Å². The molecule has 2 rings (SSSR count). The number of halogens is 1. The third-order valence-corrected chi connectivity index (χ3v) is 4.10. The fraction of sp³-hybridized carbons (Fsp3) is 0.300. The van der Waals surface area contributed by atoms with Crippen LogP contribution in [0.5, 0.6) is 11.5 Å². The van der Waals surface area contributed by atoms with Crippen LogP contribution in [0, 0.1) is 0 Å². The van der Waals surface area contributed by atoms with Crippen LogP contribution in [0.1, 0.15) is 42.6 Å². The molecule has 5 nitrogen and oxygen atoms in total. The maximum Gasteiger partial charge on any atom is 0.272 e. The van der Waals surface area contributed by atoms with E-state index >= 15 is 0 Å². The molecule has 1 amide bonds. The quantitative estimate of drug-likeness (QED) is 0.470. The van der Waals surface area contributed by atoms with Crippen LogP contribution < -0.4 is 14.9 Å². The first-order valence-electron chi connectivity index (χ1n) is 8.63. The lowest BCUT2D eigenvalue weighted by atomic mass is 10.2. The number of carbonyl (C=O) groups is 1. The monoisotopic (exact) mass is 418 g/mol. The highest BCUT2D eigenvalue weighted by Gasteiger charge is 2.08. The number of carbonyl (C=O) groups excluding carboxylic acids is 1. The van der Waals surface area contributed by atoms with Crippen LogP contribution in [0.25, 0.3) is 0 Å². The van der Waals surface area contributed by atoms with Crippen LogP contribution in [0.4, 0.5) is 0 Å². The molecule has 0 aliphatic rings. The molecule has 1 N–H and O–H groups in total. The van der Waals surface area contributed by atoms with Gasteiger partial charge in [-0.1, -0.05) is 26.0 Å². The Hall–Kier alpha value is -2.34. The second kappa shape index (κ2) is 10.6. The van der Waals surface area contributed by atoms with Crippen molar-refractivity contribution in [3.05, 3.63) is 58.1 Å². The molecule has 2 aromatic carbocycles. The second-order valence-corrected chi connectivity index (χ2v) is 6.43. The summed E-state index contributed by atoms with van der Waals surface area (Å²) in [5.41, 5.74) is 3.83. The number of hydrogen-bond donors (Lipinski definition) is 1. The molecule has 0 aliphatic heterocycles. The summed E-state index contributed by atoms with van der Waals surface area (Å²) in [6.45, 7) is 5.36. The lowest BCUT2D eigenvalue weighted by molar-refractivity contribution is 0.0954. The Labute approximate surface area is 162 Å². The third-order valence-electron chi connectivity index (χ3n) is 3.41. The predicted molar refractivity (Wildman–Crippen MR) is 107 cm³/mol. The van der Waals surface area contributed by atoms with E-state index in [2.05, 4.69) is 33.4 Å². The number of nitrogens with one attached hydrogen (secondary N) is 1. The van der Waals surface area contributed by atoms with Gasteiger partial charge in [0, 0.05) is 16.1 Å². The molecule has 0 aromatic heterocycles. The van der Waals surface area contributed by atoms with Crippen molar-refractivity contribution < 1.29 is 14.3 Å². The summed E-state index contributed by atoms with van der Waals surface area (Å²) in [4.78, 5) is 12.2. The predicted octanol–water partition coefficient (Wildman–Crippen LogP) is 4.79. The van der Waals surface area contributed by atoms with E-state index < -0.39 is 0 Å².